The molecule has 0 spiro atoms. The van der Waals surface area contributed by atoms with Crippen molar-refractivity contribution in [3.8, 4) is 0 Å². The maximum Gasteiger partial charge on any atom is 0.276 e. The molecule has 9 heteroatoms. The third kappa shape index (κ3) is 2.96. The van der Waals surface area contributed by atoms with Crippen LogP contribution in [-0.2, 0) is 10.2 Å². The van der Waals surface area contributed by atoms with Gasteiger partial charge in [0.2, 0.25) is 5.56 Å². The van der Waals surface area contributed by atoms with Gasteiger partial charge in [0, 0.05) is 49.5 Å². The van der Waals surface area contributed by atoms with Gasteiger partial charge in [-0.2, -0.15) is 12.7 Å². The van der Waals surface area contributed by atoms with Gasteiger partial charge >= 0.3 is 0 Å². The monoisotopic (exact) mass is 323 g/mol. The molecule has 0 amide bonds. The number of hydrogen-bond donors (Lipinski definition) is 2. The zero-order valence-electron chi connectivity index (χ0n) is 11.9. The van der Waals surface area contributed by atoms with Gasteiger partial charge in [0.1, 0.15) is 5.65 Å². The van der Waals surface area contributed by atoms with E-state index in [0.717, 1.165) is 11.1 Å². The van der Waals surface area contributed by atoms with E-state index in [0.29, 0.717) is 38.2 Å². The Hall–Kier alpha value is -1.97. The second-order valence-electron chi connectivity index (χ2n) is 5.20. The summed E-state index contributed by atoms with van der Waals surface area (Å²) in [5.41, 5.74) is 1.25. The lowest BCUT2D eigenvalue weighted by atomic mass is 10.2. The number of H-pyrrole nitrogens is 1. The van der Waals surface area contributed by atoms with E-state index < -0.39 is 10.2 Å². The minimum atomic E-state index is -3.66. The number of pyridine rings is 2. The summed E-state index contributed by atoms with van der Waals surface area (Å²) in [6.45, 7) is 2.00. The van der Waals surface area contributed by atoms with Crippen molar-refractivity contribution in [2.24, 2.45) is 5.14 Å². The Balaban J connectivity index is 1.93. The van der Waals surface area contributed by atoms with E-state index >= 15 is 0 Å². The first kappa shape index (κ1) is 14.9. The van der Waals surface area contributed by atoms with E-state index in [1.807, 2.05) is 6.07 Å². The van der Waals surface area contributed by atoms with Crippen LogP contribution in [0, 0.1) is 0 Å². The Morgan fingerprint density at radius 1 is 1.14 bits per heavy atom. The van der Waals surface area contributed by atoms with Crippen molar-refractivity contribution in [2.75, 3.05) is 31.1 Å². The molecule has 8 nitrogen and oxygen atoms in total. The standard InChI is InChI=1S/C13H17N5O3S/c14-22(20,21)18-7-1-6-17(8-9-18)11-4-5-15-13-10(11)2-3-12(19)16-13/h2-5H,1,6-9H2,(H2,14,20,21)(H,15,16,19). The van der Waals surface area contributed by atoms with Gasteiger partial charge in [-0.05, 0) is 18.6 Å². The summed E-state index contributed by atoms with van der Waals surface area (Å²) in [4.78, 5) is 20.3. The summed E-state index contributed by atoms with van der Waals surface area (Å²) < 4.78 is 24.2. The highest BCUT2D eigenvalue weighted by atomic mass is 32.2. The molecule has 118 valence electrons. The zero-order valence-corrected chi connectivity index (χ0v) is 12.7. The van der Waals surface area contributed by atoms with Crippen LogP contribution in [-0.4, -0.2) is 48.9 Å². The molecule has 3 rings (SSSR count). The van der Waals surface area contributed by atoms with Gasteiger partial charge < -0.3 is 9.88 Å². The van der Waals surface area contributed by atoms with Gasteiger partial charge in [0.15, 0.2) is 0 Å². The first-order chi connectivity index (χ1) is 10.4. The maximum atomic E-state index is 11.5. The summed E-state index contributed by atoms with van der Waals surface area (Å²) in [5.74, 6) is 0. The van der Waals surface area contributed by atoms with Crippen LogP contribution < -0.4 is 15.6 Å². The number of nitrogens with two attached hydrogens (primary N) is 1. The lowest BCUT2D eigenvalue weighted by Crippen LogP contribution is -2.39. The predicted molar refractivity (Wildman–Crippen MR) is 83.9 cm³/mol. The van der Waals surface area contributed by atoms with Crippen molar-refractivity contribution in [1.29, 1.82) is 0 Å². The number of nitrogens with zero attached hydrogens (tertiary/aromatic N) is 3. The van der Waals surface area contributed by atoms with Crippen LogP contribution in [0.1, 0.15) is 6.42 Å². The number of rotatable bonds is 2. The van der Waals surface area contributed by atoms with Gasteiger partial charge in [-0.3, -0.25) is 4.79 Å². The van der Waals surface area contributed by atoms with Crippen molar-refractivity contribution >= 4 is 26.9 Å². The fraction of sp³-hybridized carbons (Fsp3) is 0.385. The Morgan fingerprint density at radius 2 is 1.95 bits per heavy atom. The summed E-state index contributed by atoms with van der Waals surface area (Å²) in [7, 11) is -3.66. The molecule has 1 saturated heterocycles. The minimum absolute atomic E-state index is 0.201. The van der Waals surface area contributed by atoms with Crippen molar-refractivity contribution in [3.63, 3.8) is 0 Å². The van der Waals surface area contributed by atoms with E-state index in [-0.39, 0.29) is 5.56 Å². The molecule has 0 bridgehead atoms. The largest absolute Gasteiger partial charge is 0.370 e. The molecular formula is C13H17N5O3S. The molecule has 0 radical (unpaired) electrons. The lowest BCUT2D eigenvalue weighted by molar-refractivity contribution is 0.434. The van der Waals surface area contributed by atoms with Crippen LogP contribution in [0.5, 0.6) is 0 Å². The Morgan fingerprint density at radius 3 is 2.73 bits per heavy atom. The van der Waals surface area contributed by atoms with Crippen LogP contribution in [0.3, 0.4) is 0 Å². The zero-order chi connectivity index (χ0) is 15.7. The highest BCUT2D eigenvalue weighted by molar-refractivity contribution is 7.86. The first-order valence-electron chi connectivity index (χ1n) is 6.96. The molecule has 0 saturated carbocycles. The average molecular weight is 323 g/mol. The van der Waals surface area contributed by atoms with Gasteiger partial charge in [-0.1, -0.05) is 0 Å². The Kier molecular flexibility index (Phi) is 3.85. The van der Waals surface area contributed by atoms with Gasteiger partial charge in [-0.15, -0.1) is 0 Å². The summed E-state index contributed by atoms with van der Waals surface area (Å²) in [6, 6.07) is 5.06. The van der Waals surface area contributed by atoms with Gasteiger partial charge in [0.05, 0.1) is 0 Å². The fourth-order valence-corrected chi connectivity index (χ4v) is 3.43. The molecular weight excluding hydrogens is 306 g/mol. The molecule has 0 unspecified atom stereocenters. The molecule has 1 aliphatic rings. The lowest BCUT2D eigenvalue weighted by Gasteiger charge is -2.24. The molecule has 1 fully saturated rings. The molecule has 0 atom stereocenters. The minimum Gasteiger partial charge on any atom is -0.370 e. The second-order valence-corrected chi connectivity index (χ2v) is 6.75. The predicted octanol–water partition coefficient (Wildman–Crippen LogP) is -0.361. The summed E-state index contributed by atoms with van der Waals surface area (Å²) in [5, 5.41) is 6.04. The van der Waals surface area contributed by atoms with Crippen molar-refractivity contribution in [1.82, 2.24) is 14.3 Å². The Labute approximate surface area is 127 Å². The van der Waals surface area contributed by atoms with E-state index in [1.165, 1.54) is 10.4 Å². The van der Waals surface area contributed by atoms with Crippen LogP contribution >= 0.6 is 0 Å². The molecule has 3 N–H and O–H groups in total. The first-order valence-corrected chi connectivity index (χ1v) is 8.46. The fourth-order valence-electron chi connectivity index (χ4n) is 2.71. The van der Waals surface area contributed by atoms with E-state index in [2.05, 4.69) is 14.9 Å². The van der Waals surface area contributed by atoms with E-state index in [9.17, 15) is 13.2 Å². The number of aromatic nitrogens is 2. The van der Waals surface area contributed by atoms with Crippen LogP contribution in [0.4, 0.5) is 5.69 Å². The summed E-state index contributed by atoms with van der Waals surface area (Å²) >= 11 is 0. The van der Waals surface area contributed by atoms with Crippen molar-refractivity contribution in [3.05, 3.63) is 34.7 Å². The highest BCUT2D eigenvalue weighted by Gasteiger charge is 2.22. The van der Waals surface area contributed by atoms with Crippen molar-refractivity contribution < 1.29 is 8.42 Å². The van der Waals surface area contributed by atoms with Crippen LogP contribution in [0.25, 0.3) is 11.0 Å². The molecule has 2 aromatic rings. The Bertz CT molecular complexity index is 848. The average Bonchev–Trinajstić information content (AvgIpc) is 2.71. The number of aromatic amines is 1. The topological polar surface area (TPSA) is 112 Å². The van der Waals surface area contributed by atoms with Crippen LogP contribution in [0.2, 0.25) is 0 Å². The van der Waals surface area contributed by atoms with Crippen LogP contribution in [0.15, 0.2) is 29.2 Å². The molecule has 1 aliphatic heterocycles. The number of nitrogens with one attached hydrogen (secondary N) is 1. The number of hydrogen-bond acceptors (Lipinski definition) is 5. The second kappa shape index (κ2) is 5.67. The number of fused-ring (bicyclic) bond motifs is 1. The molecule has 0 aliphatic carbocycles. The quantitative estimate of drug-likeness (QED) is 0.783. The van der Waals surface area contributed by atoms with Gasteiger partial charge in [0.25, 0.3) is 10.2 Å². The normalized spacial score (nSPS) is 17.6. The third-order valence-corrected chi connectivity index (χ3v) is 4.85. The smallest absolute Gasteiger partial charge is 0.276 e. The molecule has 22 heavy (non-hydrogen) atoms. The maximum absolute atomic E-state index is 11.5. The summed E-state index contributed by atoms with van der Waals surface area (Å²) in [6.07, 6.45) is 2.32. The van der Waals surface area contributed by atoms with E-state index in [1.54, 1.807) is 12.3 Å². The third-order valence-electron chi connectivity index (χ3n) is 3.77. The molecule has 0 aromatic carbocycles. The van der Waals surface area contributed by atoms with E-state index in [4.69, 9.17) is 5.14 Å². The SMILES string of the molecule is NS(=O)(=O)N1CCCN(c2ccnc3[nH]c(=O)ccc23)CC1. The van der Waals surface area contributed by atoms with Crippen molar-refractivity contribution in [2.45, 2.75) is 6.42 Å². The molecule has 3 heterocycles. The van der Waals surface area contributed by atoms with Gasteiger partial charge in [-0.25, -0.2) is 10.1 Å². The molecule has 2 aromatic heterocycles. The highest BCUT2D eigenvalue weighted by Crippen LogP contribution is 2.24. The number of anilines is 1.